The molecule has 3 nitrogen and oxygen atoms in total. The van der Waals surface area contributed by atoms with E-state index in [-0.39, 0.29) is 23.8 Å². The smallest absolute Gasteiger partial charge is 0.303 e. The highest BCUT2D eigenvalue weighted by Gasteiger charge is 2.53. The third kappa shape index (κ3) is 5.85. The summed E-state index contributed by atoms with van der Waals surface area (Å²) in [7, 11) is 0. The minimum Gasteiger partial charge on any atom is -0.458 e. The molecule has 0 bridgehead atoms. The molecule has 2 rings (SSSR count). The fourth-order valence-corrected chi connectivity index (χ4v) is 3.63. The molecule has 0 amide bonds. The van der Waals surface area contributed by atoms with Gasteiger partial charge in [0.1, 0.15) is 6.10 Å². The van der Waals surface area contributed by atoms with Gasteiger partial charge in [-0.15, -0.1) is 0 Å². The van der Waals surface area contributed by atoms with Gasteiger partial charge in [-0.3, -0.25) is 4.79 Å². The Morgan fingerprint density at radius 2 is 1.96 bits per heavy atom. The lowest BCUT2D eigenvalue weighted by Crippen LogP contribution is -2.28. The summed E-state index contributed by atoms with van der Waals surface area (Å²) >= 11 is 0. The van der Waals surface area contributed by atoms with Crippen LogP contribution in [0.4, 0.5) is 0 Å². The van der Waals surface area contributed by atoms with Crippen molar-refractivity contribution in [2.24, 2.45) is 5.92 Å². The number of carbonyl (C=O) groups excluding carboxylic acids is 1. The maximum Gasteiger partial charge on any atom is 0.303 e. The number of carbonyl (C=O) groups is 1. The topological polar surface area (TPSA) is 38.8 Å². The van der Waals surface area contributed by atoms with Crippen molar-refractivity contribution in [2.75, 3.05) is 0 Å². The highest BCUT2D eigenvalue weighted by atomic mass is 16.6. The van der Waals surface area contributed by atoms with Crippen LogP contribution in [0.1, 0.15) is 73.6 Å². The van der Waals surface area contributed by atoms with Crippen LogP contribution in [0.5, 0.6) is 0 Å². The summed E-state index contributed by atoms with van der Waals surface area (Å²) in [4.78, 5) is 11.7. The second kappa shape index (κ2) is 8.35. The Balaban J connectivity index is 2.31. The number of hydrogen-bond donors (Lipinski definition) is 0. The van der Waals surface area contributed by atoms with E-state index in [1.165, 1.54) is 23.6 Å². The highest BCUT2D eigenvalue weighted by molar-refractivity contribution is 5.66. The Hall–Kier alpha value is -1.35. The van der Waals surface area contributed by atoms with Gasteiger partial charge in [0, 0.05) is 13.3 Å². The van der Waals surface area contributed by atoms with Crippen molar-refractivity contribution in [3.05, 3.63) is 34.9 Å². The van der Waals surface area contributed by atoms with E-state index in [0.29, 0.717) is 5.92 Å². The Kier molecular flexibility index (Phi) is 6.67. The van der Waals surface area contributed by atoms with E-state index in [0.717, 1.165) is 32.1 Å². The van der Waals surface area contributed by atoms with Crippen LogP contribution in [0.25, 0.3) is 0 Å². The van der Waals surface area contributed by atoms with E-state index >= 15 is 0 Å². The van der Waals surface area contributed by atoms with Crippen molar-refractivity contribution in [3.8, 4) is 0 Å². The van der Waals surface area contributed by atoms with Crippen molar-refractivity contribution in [1.82, 2.24) is 0 Å². The number of esters is 1. The van der Waals surface area contributed by atoms with E-state index in [4.69, 9.17) is 9.47 Å². The van der Waals surface area contributed by atoms with Gasteiger partial charge in [-0.05, 0) is 57.9 Å². The summed E-state index contributed by atoms with van der Waals surface area (Å²) in [5.41, 5.74) is 3.79. The van der Waals surface area contributed by atoms with E-state index in [2.05, 4.69) is 52.8 Å². The van der Waals surface area contributed by atoms with E-state index in [1.54, 1.807) is 0 Å². The first kappa shape index (κ1) is 20.0. The van der Waals surface area contributed by atoms with Crippen molar-refractivity contribution >= 4 is 5.97 Å². The Bertz CT molecular complexity index is 582. The minimum absolute atomic E-state index is 0.183. The predicted molar refractivity (Wildman–Crippen MR) is 102 cm³/mol. The lowest BCUT2D eigenvalue weighted by molar-refractivity contribution is -0.145. The first-order chi connectivity index (χ1) is 11.7. The van der Waals surface area contributed by atoms with Gasteiger partial charge in [0.15, 0.2) is 0 Å². The highest BCUT2D eigenvalue weighted by Crippen LogP contribution is 2.45. The average Bonchev–Trinajstić information content (AvgIpc) is 3.13. The number of epoxide rings is 1. The van der Waals surface area contributed by atoms with Gasteiger partial charge in [-0.25, -0.2) is 0 Å². The van der Waals surface area contributed by atoms with Crippen LogP contribution < -0.4 is 0 Å². The van der Waals surface area contributed by atoms with Crippen LogP contribution in [0.15, 0.2) is 34.9 Å². The average molecular weight is 347 g/mol. The third-order valence-electron chi connectivity index (χ3n) is 5.37. The summed E-state index contributed by atoms with van der Waals surface area (Å²) in [5, 5.41) is 0. The fourth-order valence-electron chi connectivity index (χ4n) is 3.63. The van der Waals surface area contributed by atoms with E-state index in [1.807, 2.05) is 0 Å². The summed E-state index contributed by atoms with van der Waals surface area (Å²) < 4.78 is 11.7. The molecular formula is C22H34O3. The van der Waals surface area contributed by atoms with Gasteiger partial charge < -0.3 is 9.47 Å². The quantitative estimate of drug-likeness (QED) is 0.376. The number of fused-ring (bicyclic) bond motifs is 1. The lowest BCUT2D eigenvalue weighted by Gasteiger charge is -2.25. The first-order valence-electron chi connectivity index (χ1n) is 9.59. The molecular weight excluding hydrogens is 312 g/mol. The molecule has 1 aliphatic carbocycles. The van der Waals surface area contributed by atoms with Gasteiger partial charge in [0.25, 0.3) is 0 Å². The van der Waals surface area contributed by atoms with Crippen LogP contribution in [-0.4, -0.2) is 23.8 Å². The number of rotatable bonds is 2. The normalized spacial score (nSPS) is 37.5. The van der Waals surface area contributed by atoms with Crippen molar-refractivity contribution in [2.45, 2.75) is 91.5 Å². The summed E-state index contributed by atoms with van der Waals surface area (Å²) in [6.45, 7) is 12.3. The molecule has 1 saturated heterocycles. The molecule has 1 aliphatic heterocycles. The standard InChI is InChI=1S/C22H34O3/c1-15(2)19-12-10-16(3)8-7-9-17(4)11-13-21-22(6,25-21)14-20(19)24-18(5)23/h9-10,12,15,20-21H,7-8,11,13-14H2,1-6H3/b16-10+,17-9+,19-12-/t20-,21-,22-/m0/s1. The Morgan fingerprint density at radius 3 is 2.60 bits per heavy atom. The summed E-state index contributed by atoms with van der Waals surface area (Å²) in [6.07, 6.45) is 11.8. The molecule has 1 heterocycles. The lowest BCUT2D eigenvalue weighted by atomic mass is 9.88. The molecule has 2 aliphatic rings. The molecule has 140 valence electrons. The van der Waals surface area contributed by atoms with Crippen molar-refractivity contribution in [3.63, 3.8) is 0 Å². The monoisotopic (exact) mass is 346 g/mol. The molecule has 0 aromatic heterocycles. The van der Waals surface area contributed by atoms with Gasteiger partial charge in [0.05, 0.1) is 11.7 Å². The largest absolute Gasteiger partial charge is 0.458 e. The maximum atomic E-state index is 11.7. The zero-order valence-electron chi connectivity index (χ0n) is 16.7. The fraction of sp³-hybridized carbons (Fsp3) is 0.682. The Morgan fingerprint density at radius 1 is 1.24 bits per heavy atom. The number of allylic oxidation sites excluding steroid dienone is 5. The summed E-state index contributed by atoms with van der Waals surface area (Å²) in [6, 6.07) is 0. The number of hydrogen-bond acceptors (Lipinski definition) is 3. The van der Waals surface area contributed by atoms with Crippen LogP contribution >= 0.6 is 0 Å². The molecule has 0 aromatic carbocycles. The molecule has 0 spiro atoms. The van der Waals surface area contributed by atoms with Crippen LogP contribution in [0.3, 0.4) is 0 Å². The van der Waals surface area contributed by atoms with Gasteiger partial charge in [0.2, 0.25) is 0 Å². The number of ether oxygens (including phenoxy) is 2. The maximum absolute atomic E-state index is 11.7. The molecule has 25 heavy (non-hydrogen) atoms. The van der Waals surface area contributed by atoms with Crippen LogP contribution in [0, 0.1) is 5.92 Å². The summed E-state index contributed by atoms with van der Waals surface area (Å²) in [5.74, 6) is 0.0993. The molecule has 0 unspecified atom stereocenters. The van der Waals surface area contributed by atoms with Gasteiger partial charge >= 0.3 is 5.97 Å². The predicted octanol–water partition coefficient (Wildman–Crippen LogP) is 5.51. The second-order valence-electron chi connectivity index (χ2n) is 8.18. The van der Waals surface area contributed by atoms with Gasteiger partial charge in [-0.2, -0.15) is 0 Å². The molecule has 3 heteroatoms. The molecule has 3 atom stereocenters. The molecule has 0 saturated carbocycles. The molecule has 0 N–H and O–H groups in total. The Labute approximate surface area is 153 Å². The zero-order valence-corrected chi connectivity index (χ0v) is 16.7. The van der Waals surface area contributed by atoms with E-state index in [9.17, 15) is 4.79 Å². The molecule has 0 radical (unpaired) electrons. The SMILES string of the molecule is CC(=O)O[C@H]1C[C@]2(C)O[C@H]2CC/C(C)=C/CC/C(C)=C/C=C\1C(C)C. The zero-order chi connectivity index (χ0) is 18.6. The first-order valence-corrected chi connectivity index (χ1v) is 9.59. The van der Waals surface area contributed by atoms with Gasteiger partial charge in [-0.1, -0.05) is 43.2 Å². The van der Waals surface area contributed by atoms with E-state index < -0.39 is 0 Å². The van der Waals surface area contributed by atoms with Crippen LogP contribution in [-0.2, 0) is 14.3 Å². The molecule has 0 aromatic rings. The third-order valence-corrected chi connectivity index (χ3v) is 5.37. The van der Waals surface area contributed by atoms with Crippen LogP contribution in [0.2, 0.25) is 0 Å². The minimum atomic E-state index is -0.224. The van der Waals surface area contributed by atoms with Crippen molar-refractivity contribution in [1.29, 1.82) is 0 Å². The second-order valence-corrected chi connectivity index (χ2v) is 8.18. The van der Waals surface area contributed by atoms with Crippen molar-refractivity contribution < 1.29 is 14.3 Å². The molecule has 1 fully saturated rings.